The van der Waals surface area contributed by atoms with Crippen LogP contribution in [0.25, 0.3) is 0 Å². The molecular formula is C5H12O7. The molecular weight excluding hydrogens is 172 g/mol. The van der Waals surface area contributed by atoms with Crippen LogP contribution in [0.3, 0.4) is 0 Å². The molecule has 12 heavy (non-hydrogen) atoms. The van der Waals surface area contributed by atoms with E-state index in [1.807, 2.05) is 0 Å². The van der Waals surface area contributed by atoms with Gasteiger partial charge in [-0.05, 0) is 0 Å². The highest BCUT2D eigenvalue weighted by Crippen LogP contribution is 1.71. The molecule has 0 unspecified atom stereocenters. The molecule has 0 saturated carbocycles. The average Bonchev–Trinajstić information content (AvgIpc) is 2.06. The second-order valence-corrected chi connectivity index (χ2v) is 1.23. The highest BCUT2D eigenvalue weighted by Gasteiger charge is 1.93. The van der Waals surface area contributed by atoms with Crippen molar-refractivity contribution in [1.29, 1.82) is 0 Å². The van der Waals surface area contributed by atoms with Gasteiger partial charge in [0.2, 0.25) is 0 Å². The fourth-order valence-electron chi connectivity index (χ4n) is 0.0577. The molecule has 0 amide bonds. The predicted molar refractivity (Wildman–Crippen MR) is 37.6 cm³/mol. The van der Waals surface area contributed by atoms with E-state index >= 15 is 0 Å². The van der Waals surface area contributed by atoms with E-state index in [0.29, 0.717) is 0 Å². The van der Waals surface area contributed by atoms with Crippen molar-refractivity contribution < 1.29 is 35.1 Å². The van der Waals surface area contributed by atoms with Gasteiger partial charge in [-0.2, -0.15) is 0 Å². The zero-order valence-corrected chi connectivity index (χ0v) is 6.20. The van der Waals surface area contributed by atoms with Gasteiger partial charge in [0.15, 0.2) is 0 Å². The van der Waals surface area contributed by atoms with Gasteiger partial charge in [0.1, 0.15) is 6.10 Å². The Bertz CT molecular complexity index is 73.9. The number of hydrogen-bond donors (Lipinski definition) is 5. The van der Waals surface area contributed by atoms with Gasteiger partial charge in [0.05, 0.1) is 13.2 Å². The van der Waals surface area contributed by atoms with Crippen molar-refractivity contribution in [3.8, 4) is 0 Å². The highest BCUT2D eigenvalue weighted by atomic mass is 16.4. The summed E-state index contributed by atoms with van der Waals surface area (Å²) in [7, 11) is 0. The molecule has 0 rings (SSSR count). The topological polar surface area (TPSA) is 135 Å². The van der Waals surface area contributed by atoms with Crippen LogP contribution in [-0.4, -0.2) is 57.8 Å². The lowest BCUT2D eigenvalue weighted by Crippen LogP contribution is -2.15. The van der Waals surface area contributed by atoms with E-state index < -0.39 is 6.10 Å². The molecule has 0 spiro atoms. The fourth-order valence-corrected chi connectivity index (χ4v) is 0.0577. The van der Waals surface area contributed by atoms with E-state index in [-0.39, 0.29) is 26.2 Å². The lowest BCUT2D eigenvalue weighted by molar-refractivity contribution is -0.123. The van der Waals surface area contributed by atoms with Gasteiger partial charge in [-0.15, -0.1) is 0 Å². The van der Waals surface area contributed by atoms with Crippen LogP contribution in [-0.2, 0) is 9.59 Å². The number of hydrogen-bond acceptors (Lipinski definition) is 5. The monoisotopic (exact) mass is 184 g/mol. The van der Waals surface area contributed by atoms with Gasteiger partial charge in [-0.1, -0.05) is 0 Å². The Hall–Kier alpha value is -1.18. The molecule has 0 atom stereocenters. The fraction of sp³-hybridized carbons (Fsp3) is 0.600. The van der Waals surface area contributed by atoms with Crippen LogP contribution in [0.5, 0.6) is 0 Å². The number of carboxylic acid groups (broad SMARTS) is 2. The van der Waals surface area contributed by atoms with E-state index in [9.17, 15) is 0 Å². The van der Waals surface area contributed by atoms with Gasteiger partial charge >= 0.3 is 0 Å². The third kappa shape index (κ3) is 67.8. The van der Waals surface area contributed by atoms with Gasteiger partial charge in [-0.25, -0.2) is 0 Å². The van der Waals surface area contributed by atoms with E-state index in [0.717, 1.165) is 0 Å². The summed E-state index contributed by atoms with van der Waals surface area (Å²) in [5.41, 5.74) is 0. The molecule has 0 heterocycles. The molecule has 7 heteroatoms. The maximum absolute atomic E-state index is 8.36. The summed E-state index contributed by atoms with van der Waals surface area (Å²) in [5, 5.41) is 37.8. The molecule has 0 aliphatic carbocycles. The molecule has 0 aliphatic heterocycles. The number of aliphatic hydroxyl groups is 3. The molecule has 5 N–H and O–H groups in total. The second kappa shape index (κ2) is 22.6. The normalized spacial score (nSPS) is 7.00. The summed E-state index contributed by atoms with van der Waals surface area (Å²) in [5.74, 6) is 0. The Kier molecular flexibility index (Phi) is 32.1. The average molecular weight is 184 g/mol. The van der Waals surface area contributed by atoms with Crippen LogP contribution in [0.1, 0.15) is 0 Å². The van der Waals surface area contributed by atoms with Crippen molar-refractivity contribution in [1.82, 2.24) is 0 Å². The van der Waals surface area contributed by atoms with Gasteiger partial charge in [0.25, 0.3) is 12.9 Å². The van der Waals surface area contributed by atoms with Gasteiger partial charge in [-0.3, -0.25) is 9.59 Å². The van der Waals surface area contributed by atoms with Crippen LogP contribution in [0.4, 0.5) is 0 Å². The third-order valence-electron chi connectivity index (χ3n) is 0.421. The van der Waals surface area contributed by atoms with Gasteiger partial charge in [0, 0.05) is 0 Å². The minimum absolute atomic E-state index is 0.250. The summed E-state index contributed by atoms with van der Waals surface area (Å²) < 4.78 is 0. The van der Waals surface area contributed by atoms with E-state index in [1.165, 1.54) is 0 Å². The lowest BCUT2D eigenvalue weighted by Gasteiger charge is -1.96. The van der Waals surface area contributed by atoms with Crippen LogP contribution in [0.2, 0.25) is 0 Å². The Morgan fingerprint density at radius 2 is 1.17 bits per heavy atom. The maximum Gasteiger partial charge on any atom is 0.290 e. The van der Waals surface area contributed by atoms with Crippen molar-refractivity contribution in [3.05, 3.63) is 0 Å². The zero-order valence-electron chi connectivity index (χ0n) is 6.20. The van der Waals surface area contributed by atoms with Crippen LogP contribution >= 0.6 is 0 Å². The van der Waals surface area contributed by atoms with Crippen LogP contribution in [0.15, 0.2) is 0 Å². The lowest BCUT2D eigenvalue weighted by atomic mass is 10.4. The predicted octanol–water partition coefficient (Wildman–Crippen LogP) is -2.27. The first-order chi connectivity index (χ1) is 5.64. The first-order valence-electron chi connectivity index (χ1n) is 2.69. The Morgan fingerprint density at radius 1 is 1.00 bits per heavy atom. The first kappa shape index (κ1) is 17.1. The highest BCUT2D eigenvalue weighted by molar-refractivity contribution is 5.32. The summed E-state index contributed by atoms with van der Waals surface area (Å²) in [6.07, 6.45) is -0.954. The van der Waals surface area contributed by atoms with Crippen molar-refractivity contribution in [3.63, 3.8) is 0 Å². The molecule has 0 saturated heterocycles. The molecule has 0 aromatic heterocycles. The third-order valence-corrected chi connectivity index (χ3v) is 0.421. The molecule has 0 aromatic carbocycles. The molecule has 0 radical (unpaired) electrons. The Balaban J connectivity index is -0.000000115. The summed E-state index contributed by atoms with van der Waals surface area (Å²) >= 11 is 0. The molecule has 0 aromatic rings. The minimum Gasteiger partial charge on any atom is -0.483 e. The SMILES string of the molecule is O=CO.O=CO.OCC(O)CO. The Morgan fingerprint density at radius 3 is 1.17 bits per heavy atom. The van der Waals surface area contributed by atoms with Crippen molar-refractivity contribution in [2.75, 3.05) is 13.2 Å². The molecule has 7 nitrogen and oxygen atoms in total. The maximum atomic E-state index is 8.36. The summed E-state index contributed by atoms with van der Waals surface area (Å²) in [6, 6.07) is 0. The quantitative estimate of drug-likeness (QED) is 0.305. The number of carbonyl (C=O) groups is 2. The van der Waals surface area contributed by atoms with Crippen LogP contribution < -0.4 is 0 Å². The van der Waals surface area contributed by atoms with Gasteiger partial charge < -0.3 is 25.5 Å². The van der Waals surface area contributed by atoms with Crippen molar-refractivity contribution >= 4 is 12.9 Å². The van der Waals surface area contributed by atoms with Crippen LogP contribution in [0, 0.1) is 0 Å². The van der Waals surface area contributed by atoms with Crippen molar-refractivity contribution in [2.45, 2.75) is 6.10 Å². The molecule has 0 aliphatic rings. The smallest absolute Gasteiger partial charge is 0.290 e. The molecule has 0 fully saturated rings. The summed E-state index contributed by atoms with van der Waals surface area (Å²) in [6.45, 7) is -1.23. The minimum atomic E-state index is -0.954. The van der Waals surface area contributed by atoms with E-state index in [4.69, 9.17) is 35.1 Å². The van der Waals surface area contributed by atoms with E-state index in [1.54, 1.807) is 0 Å². The zero-order chi connectivity index (χ0) is 10.4. The molecule has 74 valence electrons. The first-order valence-corrected chi connectivity index (χ1v) is 2.69. The van der Waals surface area contributed by atoms with Crippen molar-refractivity contribution in [2.24, 2.45) is 0 Å². The largest absolute Gasteiger partial charge is 0.483 e. The number of aliphatic hydroxyl groups excluding tert-OH is 3. The van der Waals surface area contributed by atoms with E-state index in [2.05, 4.69) is 0 Å². The number of rotatable bonds is 2. The summed E-state index contributed by atoms with van der Waals surface area (Å²) in [4.78, 5) is 16.7. The second-order valence-electron chi connectivity index (χ2n) is 1.23. The standard InChI is InChI=1S/C3H8O3.2CH2O2/c4-1-3(6)2-5;2*2-1-3/h3-6H,1-2H2;2*1H,(H,2,3). The molecule has 0 bridgehead atoms. The Labute approximate surface area is 68.5 Å².